The van der Waals surface area contributed by atoms with E-state index in [1.807, 2.05) is 0 Å². The number of benzene rings is 1. The van der Waals surface area contributed by atoms with Crippen LogP contribution in [0.5, 0.6) is 0 Å². The Morgan fingerprint density at radius 1 is 1.42 bits per heavy atom. The van der Waals surface area contributed by atoms with Gasteiger partial charge < -0.3 is 0 Å². The fraction of sp³-hybridized carbons (Fsp3) is 0.111. The van der Waals surface area contributed by atoms with Crippen molar-refractivity contribution >= 4 is 11.6 Å². The molecule has 0 aromatic heterocycles. The summed E-state index contributed by atoms with van der Waals surface area (Å²) in [7, 11) is 0. The summed E-state index contributed by atoms with van der Waals surface area (Å²) in [4.78, 5) is 0. The third-order valence-electron chi connectivity index (χ3n) is 1.49. The average molecular weight is 189 g/mol. The van der Waals surface area contributed by atoms with Gasteiger partial charge in [-0.1, -0.05) is 17.7 Å². The molecule has 1 aromatic carbocycles. The first-order valence-corrected chi connectivity index (χ1v) is 3.78. The maximum absolute atomic E-state index is 12.9. The zero-order valence-corrected chi connectivity index (χ0v) is 7.04. The summed E-state index contributed by atoms with van der Waals surface area (Å²) < 4.78 is 25.6. The molecule has 0 saturated heterocycles. The first-order valence-electron chi connectivity index (χ1n) is 3.40. The SMILES string of the molecule is C=CCc1c(Cl)ccc(F)c1F. The van der Waals surface area contributed by atoms with Gasteiger partial charge in [0, 0.05) is 10.6 Å². The number of allylic oxidation sites excluding steroid dienone is 1. The summed E-state index contributed by atoms with van der Waals surface area (Å²) >= 11 is 5.63. The van der Waals surface area contributed by atoms with Crippen molar-refractivity contribution in [2.75, 3.05) is 0 Å². The van der Waals surface area contributed by atoms with E-state index in [0.717, 1.165) is 6.07 Å². The molecule has 0 bridgehead atoms. The molecular weight excluding hydrogens is 182 g/mol. The highest BCUT2D eigenvalue weighted by atomic mass is 35.5. The molecule has 0 radical (unpaired) electrons. The molecule has 1 rings (SSSR count). The van der Waals surface area contributed by atoms with Crippen LogP contribution >= 0.6 is 11.6 Å². The normalized spacial score (nSPS) is 9.92. The van der Waals surface area contributed by atoms with E-state index in [2.05, 4.69) is 6.58 Å². The lowest BCUT2D eigenvalue weighted by Gasteiger charge is -2.02. The van der Waals surface area contributed by atoms with Gasteiger partial charge >= 0.3 is 0 Å². The van der Waals surface area contributed by atoms with Crippen LogP contribution in [0.15, 0.2) is 24.8 Å². The Morgan fingerprint density at radius 2 is 2.08 bits per heavy atom. The van der Waals surface area contributed by atoms with E-state index in [9.17, 15) is 8.78 Å². The molecule has 0 fully saturated rings. The molecule has 0 aliphatic carbocycles. The molecule has 0 aliphatic heterocycles. The Hall–Kier alpha value is -0.890. The molecule has 0 heterocycles. The Morgan fingerprint density at radius 3 is 2.67 bits per heavy atom. The van der Waals surface area contributed by atoms with Crippen molar-refractivity contribution < 1.29 is 8.78 Å². The highest BCUT2D eigenvalue weighted by Crippen LogP contribution is 2.21. The topological polar surface area (TPSA) is 0 Å². The Bertz CT molecular complexity index is 308. The van der Waals surface area contributed by atoms with Crippen LogP contribution in [0.4, 0.5) is 8.78 Å². The van der Waals surface area contributed by atoms with Crippen molar-refractivity contribution in [3.8, 4) is 0 Å². The number of hydrogen-bond acceptors (Lipinski definition) is 0. The second-order valence-electron chi connectivity index (χ2n) is 2.31. The Balaban J connectivity index is 3.22. The fourth-order valence-electron chi connectivity index (χ4n) is 0.901. The third-order valence-corrected chi connectivity index (χ3v) is 1.84. The van der Waals surface area contributed by atoms with Crippen molar-refractivity contribution in [1.29, 1.82) is 0 Å². The van der Waals surface area contributed by atoms with E-state index < -0.39 is 11.6 Å². The van der Waals surface area contributed by atoms with Gasteiger partial charge in [0.2, 0.25) is 0 Å². The van der Waals surface area contributed by atoms with E-state index in [1.165, 1.54) is 12.1 Å². The smallest absolute Gasteiger partial charge is 0.163 e. The molecule has 1 aromatic rings. The van der Waals surface area contributed by atoms with Crippen LogP contribution in [0.3, 0.4) is 0 Å². The van der Waals surface area contributed by atoms with Gasteiger partial charge in [0.25, 0.3) is 0 Å². The maximum Gasteiger partial charge on any atom is 0.163 e. The van der Waals surface area contributed by atoms with Crippen LogP contribution in [0.2, 0.25) is 5.02 Å². The molecule has 0 N–H and O–H groups in total. The molecule has 12 heavy (non-hydrogen) atoms. The lowest BCUT2D eigenvalue weighted by molar-refractivity contribution is 0.501. The van der Waals surface area contributed by atoms with Crippen molar-refractivity contribution in [1.82, 2.24) is 0 Å². The van der Waals surface area contributed by atoms with Gasteiger partial charge in [0.15, 0.2) is 11.6 Å². The van der Waals surface area contributed by atoms with Crippen LogP contribution in [0.1, 0.15) is 5.56 Å². The molecule has 64 valence electrons. The molecular formula is C9H7ClF2. The zero-order valence-electron chi connectivity index (χ0n) is 6.28. The van der Waals surface area contributed by atoms with Gasteiger partial charge in [-0.2, -0.15) is 0 Å². The van der Waals surface area contributed by atoms with Crippen molar-refractivity contribution in [2.45, 2.75) is 6.42 Å². The summed E-state index contributed by atoms with van der Waals surface area (Å²) in [6.07, 6.45) is 1.71. The van der Waals surface area contributed by atoms with Crippen molar-refractivity contribution in [3.63, 3.8) is 0 Å². The Kier molecular flexibility index (Phi) is 2.82. The first-order chi connectivity index (χ1) is 5.66. The average Bonchev–Trinajstić information content (AvgIpc) is 2.06. The molecule has 0 aliphatic rings. The quantitative estimate of drug-likeness (QED) is 0.493. The minimum atomic E-state index is -0.887. The van der Waals surface area contributed by atoms with E-state index in [4.69, 9.17) is 11.6 Å². The standard InChI is InChI=1S/C9H7ClF2/c1-2-3-6-7(10)4-5-8(11)9(6)12/h2,4-5H,1,3H2. The van der Waals surface area contributed by atoms with Gasteiger partial charge in [-0.25, -0.2) is 8.78 Å². The predicted octanol–water partition coefficient (Wildman–Crippen LogP) is 3.35. The Labute approximate surface area is 74.5 Å². The van der Waals surface area contributed by atoms with Gasteiger partial charge in [-0.15, -0.1) is 6.58 Å². The lowest BCUT2D eigenvalue weighted by atomic mass is 10.1. The van der Waals surface area contributed by atoms with Gasteiger partial charge in [-0.05, 0) is 18.6 Å². The summed E-state index contributed by atoms with van der Waals surface area (Å²) in [6.45, 7) is 3.42. The van der Waals surface area contributed by atoms with Crippen molar-refractivity contribution in [2.24, 2.45) is 0 Å². The van der Waals surface area contributed by atoms with Gasteiger partial charge in [-0.3, -0.25) is 0 Å². The number of halogens is 3. The number of hydrogen-bond donors (Lipinski definition) is 0. The second kappa shape index (κ2) is 3.68. The molecule has 0 unspecified atom stereocenters. The van der Waals surface area contributed by atoms with E-state index in [-0.39, 0.29) is 17.0 Å². The molecule has 0 saturated carbocycles. The van der Waals surface area contributed by atoms with Gasteiger partial charge in [0.05, 0.1) is 0 Å². The third kappa shape index (κ3) is 1.64. The summed E-state index contributed by atoms with van der Waals surface area (Å²) in [6, 6.07) is 2.34. The summed E-state index contributed by atoms with van der Waals surface area (Å²) in [5, 5.41) is 0.230. The fourth-order valence-corrected chi connectivity index (χ4v) is 1.12. The highest BCUT2D eigenvalue weighted by molar-refractivity contribution is 6.31. The molecule has 0 amide bonds. The summed E-state index contributed by atoms with van der Waals surface area (Å²) in [5.41, 5.74) is 0.159. The first kappa shape index (κ1) is 9.20. The molecule has 0 spiro atoms. The molecule has 3 heteroatoms. The minimum Gasteiger partial charge on any atom is -0.204 e. The van der Waals surface area contributed by atoms with Crippen molar-refractivity contribution in [3.05, 3.63) is 47.0 Å². The monoisotopic (exact) mass is 188 g/mol. The largest absolute Gasteiger partial charge is 0.204 e. The van der Waals surface area contributed by atoms with E-state index in [0.29, 0.717) is 0 Å². The molecule has 0 atom stereocenters. The highest BCUT2D eigenvalue weighted by Gasteiger charge is 2.10. The number of rotatable bonds is 2. The van der Waals surface area contributed by atoms with Crippen LogP contribution in [-0.2, 0) is 6.42 Å². The zero-order chi connectivity index (χ0) is 9.14. The second-order valence-corrected chi connectivity index (χ2v) is 2.72. The maximum atomic E-state index is 12.9. The van der Waals surface area contributed by atoms with Crippen LogP contribution in [-0.4, -0.2) is 0 Å². The predicted molar refractivity (Wildman–Crippen MR) is 45.3 cm³/mol. The van der Waals surface area contributed by atoms with Crippen LogP contribution in [0, 0.1) is 11.6 Å². The lowest BCUT2D eigenvalue weighted by Crippen LogP contribution is -1.93. The van der Waals surface area contributed by atoms with Crippen LogP contribution in [0.25, 0.3) is 0 Å². The minimum absolute atomic E-state index is 0.159. The molecule has 0 nitrogen and oxygen atoms in total. The van der Waals surface area contributed by atoms with Crippen LogP contribution < -0.4 is 0 Å². The summed E-state index contributed by atoms with van der Waals surface area (Å²) in [5.74, 6) is -1.77. The van der Waals surface area contributed by atoms with E-state index in [1.54, 1.807) is 0 Å². The van der Waals surface area contributed by atoms with Gasteiger partial charge in [0.1, 0.15) is 0 Å². The van der Waals surface area contributed by atoms with E-state index >= 15 is 0 Å².